The van der Waals surface area contributed by atoms with Crippen molar-refractivity contribution in [3.8, 4) is 0 Å². The van der Waals surface area contributed by atoms with Crippen LogP contribution in [0, 0.1) is 12.7 Å². The van der Waals surface area contributed by atoms with Crippen LogP contribution >= 0.6 is 15.9 Å². The van der Waals surface area contributed by atoms with Crippen molar-refractivity contribution in [2.75, 3.05) is 5.73 Å². The molecule has 2 rings (SSSR count). The summed E-state index contributed by atoms with van der Waals surface area (Å²) in [6, 6.07) is 8.90. The third-order valence-electron chi connectivity index (χ3n) is 2.90. The van der Waals surface area contributed by atoms with Gasteiger partial charge < -0.3 is 5.73 Å². The van der Waals surface area contributed by atoms with Gasteiger partial charge in [0.05, 0.1) is 16.3 Å². The normalized spacial score (nSPS) is 11.6. The maximum atomic E-state index is 13.3. The molecule has 0 saturated heterocycles. The minimum absolute atomic E-state index is 0.0814. The molecule has 0 spiro atoms. The van der Waals surface area contributed by atoms with Gasteiger partial charge in [0.2, 0.25) is 0 Å². The third-order valence-corrected chi connectivity index (χ3v) is 5.10. The van der Waals surface area contributed by atoms with Crippen LogP contribution in [0.15, 0.2) is 45.8 Å². The second-order valence-electron chi connectivity index (χ2n) is 4.52. The van der Waals surface area contributed by atoms with Crippen molar-refractivity contribution >= 4 is 31.5 Å². The fourth-order valence-electron chi connectivity index (χ4n) is 1.92. The predicted molar refractivity (Wildman–Crippen MR) is 80.6 cm³/mol. The van der Waals surface area contributed by atoms with Crippen LogP contribution < -0.4 is 5.73 Å². The van der Waals surface area contributed by atoms with E-state index in [0.717, 1.165) is 0 Å². The molecule has 2 aromatic rings. The zero-order valence-electron chi connectivity index (χ0n) is 10.7. The fourth-order valence-corrected chi connectivity index (χ4v) is 3.97. The first kappa shape index (κ1) is 15.0. The first-order valence-electron chi connectivity index (χ1n) is 5.82. The van der Waals surface area contributed by atoms with Gasteiger partial charge in [0.15, 0.2) is 9.84 Å². The highest BCUT2D eigenvalue weighted by molar-refractivity contribution is 9.10. The zero-order chi connectivity index (χ0) is 14.9. The van der Waals surface area contributed by atoms with Crippen LogP contribution in [0.25, 0.3) is 0 Å². The molecule has 0 amide bonds. The SMILES string of the molecule is Cc1cccc(S(=O)(=O)Cc2cc(F)cc(Br)c2)c1N. The highest BCUT2D eigenvalue weighted by atomic mass is 79.9. The Morgan fingerprint density at radius 1 is 1.25 bits per heavy atom. The van der Waals surface area contributed by atoms with Gasteiger partial charge >= 0.3 is 0 Å². The molecule has 2 N–H and O–H groups in total. The van der Waals surface area contributed by atoms with Crippen molar-refractivity contribution < 1.29 is 12.8 Å². The summed E-state index contributed by atoms with van der Waals surface area (Å²) in [6.45, 7) is 1.74. The van der Waals surface area contributed by atoms with Gasteiger partial charge in [0, 0.05) is 4.47 Å². The Morgan fingerprint density at radius 2 is 1.95 bits per heavy atom. The lowest BCUT2D eigenvalue weighted by atomic mass is 10.2. The second kappa shape index (κ2) is 5.54. The standard InChI is InChI=1S/C14H13BrFNO2S/c1-9-3-2-4-13(14(9)17)20(18,19)8-10-5-11(15)7-12(16)6-10/h2-7H,8,17H2,1H3. The van der Waals surface area contributed by atoms with Gasteiger partial charge in [0.1, 0.15) is 5.82 Å². The summed E-state index contributed by atoms with van der Waals surface area (Å²) in [5.74, 6) is -0.779. The summed E-state index contributed by atoms with van der Waals surface area (Å²) in [4.78, 5) is 0.0814. The number of aryl methyl sites for hydroxylation is 1. The molecule has 0 aromatic heterocycles. The van der Waals surface area contributed by atoms with Gasteiger partial charge in [-0.3, -0.25) is 0 Å². The average Bonchev–Trinajstić information content (AvgIpc) is 2.30. The summed E-state index contributed by atoms with van der Waals surface area (Å²) < 4.78 is 38.6. The molecule has 6 heteroatoms. The largest absolute Gasteiger partial charge is 0.397 e. The van der Waals surface area contributed by atoms with E-state index in [9.17, 15) is 12.8 Å². The van der Waals surface area contributed by atoms with Gasteiger partial charge in [-0.05, 0) is 42.3 Å². The lowest BCUT2D eigenvalue weighted by Crippen LogP contribution is -2.09. The second-order valence-corrected chi connectivity index (χ2v) is 7.40. The number of halogens is 2. The number of nitrogens with two attached hydrogens (primary N) is 1. The molecular weight excluding hydrogens is 345 g/mol. The van der Waals surface area contributed by atoms with Crippen LogP contribution in [-0.4, -0.2) is 8.42 Å². The van der Waals surface area contributed by atoms with Crippen LogP contribution in [-0.2, 0) is 15.6 Å². The molecule has 0 unspecified atom stereocenters. The lowest BCUT2D eigenvalue weighted by molar-refractivity contribution is 0.595. The smallest absolute Gasteiger partial charge is 0.184 e. The highest BCUT2D eigenvalue weighted by Gasteiger charge is 2.19. The molecular formula is C14H13BrFNO2S. The number of anilines is 1. The Balaban J connectivity index is 2.43. The van der Waals surface area contributed by atoms with E-state index in [1.54, 1.807) is 25.1 Å². The Bertz CT molecular complexity index is 740. The van der Waals surface area contributed by atoms with E-state index in [4.69, 9.17) is 5.73 Å². The van der Waals surface area contributed by atoms with Crippen molar-refractivity contribution in [1.29, 1.82) is 0 Å². The van der Waals surface area contributed by atoms with E-state index in [1.807, 2.05) is 0 Å². The number of sulfone groups is 1. The quantitative estimate of drug-likeness (QED) is 0.855. The molecule has 0 bridgehead atoms. The maximum absolute atomic E-state index is 13.3. The summed E-state index contributed by atoms with van der Waals surface area (Å²) >= 11 is 3.14. The molecule has 0 fully saturated rings. The Labute approximate surface area is 125 Å². The summed E-state index contributed by atoms with van der Waals surface area (Å²) in [7, 11) is -3.61. The van der Waals surface area contributed by atoms with Crippen molar-refractivity contribution in [1.82, 2.24) is 0 Å². The van der Waals surface area contributed by atoms with Crippen LogP contribution in [0.2, 0.25) is 0 Å². The van der Waals surface area contributed by atoms with Gasteiger partial charge in [0.25, 0.3) is 0 Å². The van der Waals surface area contributed by atoms with E-state index in [1.165, 1.54) is 18.2 Å². The lowest BCUT2D eigenvalue weighted by Gasteiger charge is -2.10. The zero-order valence-corrected chi connectivity index (χ0v) is 13.1. The van der Waals surface area contributed by atoms with E-state index >= 15 is 0 Å². The Hall–Kier alpha value is -1.40. The molecule has 0 aliphatic rings. The van der Waals surface area contributed by atoms with E-state index in [-0.39, 0.29) is 16.3 Å². The highest BCUT2D eigenvalue weighted by Crippen LogP contribution is 2.26. The van der Waals surface area contributed by atoms with Crippen LogP contribution in [0.3, 0.4) is 0 Å². The minimum atomic E-state index is -3.61. The van der Waals surface area contributed by atoms with Crippen molar-refractivity contribution in [2.24, 2.45) is 0 Å². The summed E-state index contributed by atoms with van der Waals surface area (Å²) in [5.41, 5.74) is 7.13. The van der Waals surface area contributed by atoms with E-state index in [0.29, 0.717) is 15.6 Å². The molecule has 0 radical (unpaired) electrons. The molecule has 0 atom stereocenters. The number of hydrogen-bond acceptors (Lipinski definition) is 3. The fraction of sp³-hybridized carbons (Fsp3) is 0.143. The van der Waals surface area contributed by atoms with Gasteiger partial charge in [-0.1, -0.05) is 28.1 Å². The first-order chi connectivity index (χ1) is 9.29. The van der Waals surface area contributed by atoms with Crippen molar-refractivity contribution in [3.05, 3.63) is 57.8 Å². The van der Waals surface area contributed by atoms with Gasteiger partial charge in [-0.25, -0.2) is 12.8 Å². The van der Waals surface area contributed by atoms with Gasteiger partial charge in [-0.2, -0.15) is 0 Å². The average molecular weight is 358 g/mol. The molecule has 106 valence electrons. The third kappa shape index (κ3) is 3.19. The number of hydrogen-bond donors (Lipinski definition) is 1. The minimum Gasteiger partial charge on any atom is -0.397 e. The number of benzene rings is 2. The molecule has 0 heterocycles. The van der Waals surface area contributed by atoms with Crippen molar-refractivity contribution in [2.45, 2.75) is 17.6 Å². The monoisotopic (exact) mass is 357 g/mol. The molecule has 3 nitrogen and oxygen atoms in total. The number of nitrogen functional groups attached to an aromatic ring is 1. The molecule has 0 aliphatic carbocycles. The van der Waals surface area contributed by atoms with Crippen LogP contribution in [0.1, 0.15) is 11.1 Å². The topological polar surface area (TPSA) is 60.2 Å². The van der Waals surface area contributed by atoms with Gasteiger partial charge in [-0.15, -0.1) is 0 Å². The summed E-state index contributed by atoms with van der Waals surface area (Å²) in [5, 5.41) is 0. The van der Waals surface area contributed by atoms with Crippen molar-refractivity contribution in [3.63, 3.8) is 0 Å². The van der Waals surface area contributed by atoms with Crippen LogP contribution in [0.5, 0.6) is 0 Å². The van der Waals surface area contributed by atoms with E-state index < -0.39 is 15.7 Å². The Kier molecular flexibility index (Phi) is 4.15. The molecule has 20 heavy (non-hydrogen) atoms. The molecule has 2 aromatic carbocycles. The summed E-state index contributed by atoms with van der Waals surface area (Å²) in [6.07, 6.45) is 0. The number of para-hydroxylation sites is 1. The first-order valence-corrected chi connectivity index (χ1v) is 8.27. The van der Waals surface area contributed by atoms with Crippen LogP contribution in [0.4, 0.5) is 10.1 Å². The molecule has 0 aliphatic heterocycles. The Morgan fingerprint density at radius 3 is 2.60 bits per heavy atom. The predicted octanol–water partition coefficient (Wildman–Crippen LogP) is 3.45. The number of rotatable bonds is 3. The maximum Gasteiger partial charge on any atom is 0.184 e. The van der Waals surface area contributed by atoms with E-state index in [2.05, 4.69) is 15.9 Å². The molecule has 0 saturated carbocycles.